The minimum absolute atomic E-state index is 0.0797. The van der Waals surface area contributed by atoms with E-state index < -0.39 is 5.91 Å². The summed E-state index contributed by atoms with van der Waals surface area (Å²) >= 11 is 0. The van der Waals surface area contributed by atoms with Gasteiger partial charge in [0.15, 0.2) is 0 Å². The summed E-state index contributed by atoms with van der Waals surface area (Å²) in [5.74, 6) is 0.888. The summed E-state index contributed by atoms with van der Waals surface area (Å²) in [4.78, 5) is 10.6. The van der Waals surface area contributed by atoms with Crippen molar-refractivity contribution < 1.29 is 14.3 Å². The highest BCUT2D eigenvalue weighted by atomic mass is 16.5. The first kappa shape index (κ1) is 11.2. The molecule has 0 unspecified atom stereocenters. The molecule has 3 N–H and O–H groups in total. The maximum Gasteiger partial charge on any atom is 0.236 e. The molecule has 0 saturated carbocycles. The lowest BCUT2D eigenvalue weighted by molar-refractivity contribution is -0.116. The molecule has 5 nitrogen and oxygen atoms in total. The summed E-state index contributed by atoms with van der Waals surface area (Å²) in [6.45, 7) is 0.0797. The van der Waals surface area contributed by atoms with Crippen molar-refractivity contribution >= 4 is 11.6 Å². The number of carbonyl (C=O) groups is 1. The number of benzene rings is 1. The van der Waals surface area contributed by atoms with E-state index in [1.807, 2.05) is 0 Å². The van der Waals surface area contributed by atoms with E-state index in [1.54, 1.807) is 32.4 Å². The fourth-order valence-electron chi connectivity index (χ4n) is 1.10. The van der Waals surface area contributed by atoms with Crippen LogP contribution in [0.2, 0.25) is 0 Å². The van der Waals surface area contributed by atoms with Crippen molar-refractivity contribution in [2.45, 2.75) is 0 Å². The van der Waals surface area contributed by atoms with E-state index in [4.69, 9.17) is 15.2 Å². The van der Waals surface area contributed by atoms with Gasteiger partial charge < -0.3 is 20.5 Å². The second kappa shape index (κ2) is 5.09. The molecule has 0 aliphatic heterocycles. The molecule has 0 bridgehead atoms. The van der Waals surface area contributed by atoms with E-state index in [-0.39, 0.29) is 6.54 Å². The summed E-state index contributed by atoms with van der Waals surface area (Å²) < 4.78 is 10.1. The van der Waals surface area contributed by atoms with Crippen LogP contribution < -0.4 is 20.5 Å². The zero-order chi connectivity index (χ0) is 11.3. The molecule has 1 rings (SSSR count). The van der Waals surface area contributed by atoms with Crippen molar-refractivity contribution in [3.05, 3.63) is 18.2 Å². The molecule has 0 saturated heterocycles. The van der Waals surface area contributed by atoms with Gasteiger partial charge in [0.25, 0.3) is 0 Å². The molecule has 82 valence electrons. The fourth-order valence-corrected chi connectivity index (χ4v) is 1.10. The first-order chi connectivity index (χ1) is 7.15. The Hall–Kier alpha value is -1.91. The zero-order valence-electron chi connectivity index (χ0n) is 8.74. The predicted octanol–water partition coefficient (Wildman–Crippen LogP) is 0.601. The minimum Gasteiger partial charge on any atom is -0.497 e. The maximum absolute atomic E-state index is 10.6. The Morgan fingerprint density at radius 2 is 1.80 bits per heavy atom. The van der Waals surface area contributed by atoms with Crippen LogP contribution in [0.15, 0.2) is 18.2 Å². The Morgan fingerprint density at radius 1 is 1.27 bits per heavy atom. The number of primary amides is 1. The molecule has 0 spiro atoms. The van der Waals surface area contributed by atoms with Gasteiger partial charge in [0.1, 0.15) is 11.5 Å². The SMILES string of the molecule is COc1cc(NCC(N)=O)cc(OC)c1. The molecule has 0 aliphatic rings. The van der Waals surface area contributed by atoms with E-state index in [2.05, 4.69) is 5.32 Å². The van der Waals surface area contributed by atoms with Gasteiger partial charge in [0, 0.05) is 23.9 Å². The Labute approximate surface area is 88.2 Å². The van der Waals surface area contributed by atoms with Gasteiger partial charge in [-0.2, -0.15) is 0 Å². The van der Waals surface area contributed by atoms with Gasteiger partial charge >= 0.3 is 0 Å². The second-order valence-electron chi connectivity index (χ2n) is 2.92. The van der Waals surface area contributed by atoms with Crippen LogP contribution in [0, 0.1) is 0 Å². The number of carbonyl (C=O) groups excluding carboxylic acids is 1. The van der Waals surface area contributed by atoms with Crippen LogP contribution in [-0.4, -0.2) is 26.7 Å². The molecule has 0 aromatic heterocycles. The second-order valence-corrected chi connectivity index (χ2v) is 2.92. The summed E-state index contributed by atoms with van der Waals surface area (Å²) in [6.07, 6.45) is 0. The Balaban J connectivity index is 2.81. The van der Waals surface area contributed by atoms with E-state index in [9.17, 15) is 4.79 Å². The molecule has 15 heavy (non-hydrogen) atoms. The normalized spacial score (nSPS) is 9.47. The first-order valence-electron chi connectivity index (χ1n) is 4.41. The molecule has 0 heterocycles. The summed E-state index contributed by atoms with van der Waals surface area (Å²) in [7, 11) is 3.12. The fraction of sp³-hybridized carbons (Fsp3) is 0.300. The van der Waals surface area contributed by atoms with Crippen LogP contribution in [0.4, 0.5) is 5.69 Å². The van der Waals surface area contributed by atoms with Gasteiger partial charge in [-0.05, 0) is 0 Å². The van der Waals surface area contributed by atoms with Crippen molar-refractivity contribution in [3.63, 3.8) is 0 Å². The number of hydrogen-bond donors (Lipinski definition) is 2. The van der Waals surface area contributed by atoms with Gasteiger partial charge in [0.05, 0.1) is 20.8 Å². The molecule has 0 aliphatic carbocycles. The van der Waals surface area contributed by atoms with Gasteiger partial charge in [-0.3, -0.25) is 4.79 Å². The molecule has 0 atom stereocenters. The Kier molecular flexibility index (Phi) is 3.79. The average molecular weight is 210 g/mol. The lowest BCUT2D eigenvalue weighted by Crippen LogP contribution is -2.21. The number of methoxy groups -OCH3 is 2. The molecular weight excluding hydrogens is 196 g/mol. The Morgan fingerprint density at radius 3 is 2.20 bits per heavy atom. The largest absolute Gasteiger partial charge is 0.497 e. The molecule has 1 aromatic carbocycles. The first-order valence-corrected chi connectivity index (χ1v) is 4.41. The molecule has 1 amide bonds. The number of rotatable bonds is 5. The highest BCUT2D eigenvalue weighted by Crippen LogP contribution is 2.25. The number of hydrogen-bond acceptors (Lipinski definition) is 4. The van der Waals surface area contributed by atoms with Crippen LogP contribution in [0.25, 0.3) is 0 Å². The van der Waals surface area contributed by atoms with Crippen molar-refractivity contribution in [1.82, 2.24) is 0 Å². The molecule has 5 heteroatoms. The summed E-state index contributed by atoms with van der Waals surface area (Å²) in [5.41, 5.74) is 5.74. The summed E-state index contributed by atoms with van der Waals surface area (Å²) in [6, 6.07) is 5.26. The number of nitrogens with one attached hydrogen (secondary N) is 1. The zero-order valence-corrected chi connectivity index (χ0v) is 8.74. The number of anilines is 1. The smallest absolute Gasteiger partial charge is 0.236 e. The third kappa shape index (κ3) is 3.38. The standard InChI is InChI=1S/C10H14N2O3/c1-14-8-3-7(12-6-10(11)13)4-9(5-8)15-2/h3-5,12H,6H2,1-2H3,(H2,11,13). The van der Waals surface area contributed by atoms with Crippen LogP contribution in [0.3, 0.4) is 0 Å². The van der Waals surface area contributed by atoms with E-state index >= 15 is 0 Å². The van der Waals surface area contributed by atoms with Gasteiger partial charge in [-0.25, -0.2) is 0 Å². The third-order valence-corrected chi connectivity index (χ3v) is 1.82. The van der Waals surface area contributed by atoms with E-state index in [0.717, 1.165) is 5.69 Å². The number of nitrogens with two attached hydrogens (primary N) is 1. The highest BCUT2D eigenvalue weighted by Gasteiger charge is 2.02. The third-order valence-electron chi connectivity index (χ3n) is 1.82. The quantitative estimate of drug-likeness (QED) is 0.746. The van der Waals surface area contributed by atoms with Crippen LogP contribution >= 0.6 is 0 Å². The lowest BCUT2D eigenvalue weighted by atomic mass is 10.2. The monoisotopic (exact) mass is 210 g/mol. The van der Waals surface area contributed by atoms with Crippen molar-refractivity contribution in [3.8, 4) is 11.5 Å². The van der Waals surface area contributed by atoms with Gasteiger partial charge in [-0.1, -0.05) is 0 Å². The Bertz CT molecular complexity index is 330. The average Bonchev–Trinajstić information content (AvgIpc) is 2.25. The predicted molar refractivity (Wildman–Crippen MR) is 57.2 cm³/mol. The van der Waals surface area contributed by atoms with E-state index in [0.29, 0.717) is 11.5 Å². The summed E-state index contributed by atoms with van der Waals surface area (Å²) in [5, 5.41) is 2.86. The molecule has 0 fully saturated rings. The topological polar surface area (TPSA) is 73.6 Å². The van der Waals surface area contributed by atoms with Crippen molar-refractivity contribution in [2.75, 3.05) is 26.1 Å². The van der Waals surface area contributed by atoms with Crippen LogP contribution in [0.5, 0.6) is 11.5 Å². The molecular formula is C10H14N2O3. The lowest BCUT2D eigenvalue weighted by Gasteiger charge is -2.09. The molecule has 1 aromatic rings. The highest BCUT2D eigenvalue weighted by molar-refractivity contribution is 5.79. The van der Waals surface area contributed by atoms with Crippen LogP contribution in [-0.2, 0) is 4.79 Å². The number of amides is 1. The van der Waals surface area contributed by atoms with Crippen molar-refractivity contribution in [1.29, 1.82) is 0 Å². The maximum atomic E-state index is 10.6. The van der Waals surface area contributed by atoms with Gasteiger partial charge in [-0.15, -0.1) is 0 Å². The molecule has 0 radical (unpaired) electrons. The van der Waals surface area contributed by atoms with Crippen LogP contribution in [0.1, 0.15) is 0 Å². The minimum atomic E-state index is -0.420. The van der Waals surface area contributed by atoms with Crippen molar-refractivity contribution in [2.24, 2.45) is 5.73 Å². The van der Waals surface area contributed by atoms with Gasteiger partial charge in [0.2, 0.25) is 5.91 Å². The van der Waals surface area contributed by atoms with E-state index in [1.165, 1.54) is 0 Å². The number of ether oxygens (including phenoxy) is 2.